The molecular weight excluding hydrogens is 306 g/mol. The molecule has 1 saturated heterocycles. The highest BCUT2D eigenvalue weighted by molar-refractivity contribution is 6.05. The first-order valence-electron chi connectivity index (χ1n) is 7.99. The van der Waals surface area contributed by atoms with Crippen molar-refractivity contribution >= 4 is 11.9 Å². The number of esters is 1. The number of methoxy groups -OCH3 is 1. The lowest BCUT2D eigenvalue weighted by molar-refractivity contribution is 0.0573. The molecule has 0 aliphatic carbocycles. The summed E-state index contributed by atoms with van der Waals surface area (Å²) in [6.07, 6.45) is 5.94. The van der Waals surface area contributed by atoms with Gasteiger partial charge in [0.25, 0.3) is 5.91 Å². The monoisotopic (exact) mass is 323 g/mol. The third-order valence-corrected chi connectivity index (χ3v) is 4.91. The lowest BCUT2D eigenvalue weighted by Crippen LogP contribution is -2.42. The molecule has 2 bridgehead atoms. The van der Waals surface area contributed by atoms with Gasteiger partial charge in [0.05, 0.1) is 30.0 Å². The van der Waals surface area contributed by atoms with Crippen molar-refractivity contribution in [3.05, 3.63) is 59.2 Å². The molecule has 2 aliphatic heterocycles. The van der Waals surface area contributed by atoms with Gasteiger partial charge in [-0.3, -0.25) is 4.79 Å². The largest absolute Gasteiger partial charge is 0.465 e. The topological polar surface area (TPSA) is 72.4 Å². The maximum Gasteiger partial charge on any atom is 0.338 e. The summed E-state index contributed by atoms with van der Waals surface area (Å²) in [5.41, 5.74) is 2.75. The molecule has 1 aromatic heterocycles. The summed E-state index contributed by atoms with van der Waals surface area (Å²) in [4.78, 5) is 35.6. The van der Waals surface area contributed by atoms with Crippen LogP contribution in [0.5, 0.6) is 0 Å². The van der Waals surface area contributed by atoms with Crippen LogP contribution in [0, 0.1) is 0 Å². The minimum absolute atomic E-state index is 0.0156. The molecule has 6 heteroatoms. The highest BCUT2D eigenvalue weighted by Crippen LogP contribution is 2.43. The van der Waals surface area contributed by atoms with Crippen LogP contribution in [0.4, 0.5) is 0 Å². The quantitative estimate of drug-likeness (QED) is 0.792. The lowest BCUT2D eigenvalue weighted by atomic mass is 9.97. The summed E-state index contributed by atoms with van der Waals surface area (Å²) >= 11 is 0. The Morgan fingerprint density at radius 1 is 1.21 bits per heavy atom. The van der Waals surface area contributed by atoms with Crippen molar-refractivity contribution in [2.24, 2.45) is 0 Å². The van der Waals surface area contributed by atoms with E-state index in [0.717, 1.165) is 30.5 Å². The highest BCUT2D eigenvalue weighted by Gasteiger charge is 2.44. The van der Waals surface area contributed by atoms with Crippen LogP contribution in [0.2, 0.25) is 0 Å². The predicted molar refractivity (Wildman–Crippen MR) is 85.5 cm³/mol. The molecular formula is C18H17N3O3. The van der Waals surface area contributed by atoms with Gasteiger partial charge in [0.2, 0.25) is 0 Å². The Morgan fingerprint density at radius 2 is 2.00 bits per heavy atom. The van der Waals surface area contributed by atoms with Crippen LogP contribution in [0.3, 0.4) is 0 Å². The molecule has 24 heavy (non-hydrogen) atoms. The molecule has 2 atom stereocenters. The van der Waals surface area contributed by atoms with E-state index in [2.05, 4.69) is 9.97 Å². The number of hydrogen-bond acceptors (Lipinski definition) is 5. The Labute approximate surface area is 139 Å². The number of hydrogen-bond donors (Lipinski definition) is 0. The van der Waals surface area contributed by atoms with Gasteiger partial charge in [-0.15, -0.1) is 0 Å². The van der Waals surface area contributed by atoms with Gasteiger partial charge in [-0.2, -0.15) is 0 Å². The predicted octanol–water partition coefficient (Wildman–Crippen LogP) is 2.17. The number of carbonyl (C=O) groups excluding carboxylic acids is 2. The van der Waals surface area contributed by atoms with Gasteiger partial charge in [-0.05, 0) is 25.0 Å². The first-order chi connectivity index (χ1) is 11.7. The fourth-order valence-corrected chi connectivity index (χ4v) is 3.83. The van der Waals surface area contributed by atoms with E-state index < -0.39 is 5.97 Å². The summed E-state index contributed by atoms with van der Waals surface area (Å²) < 4.78 is 4.81. The molecule has 0 N–H and O–H groups in total. The third kappa shape index (κ3) is 2.18. The number of amides is 1. The minimum atomic E-state index is -0.493. The van der Waals surface area contributed by atoms with Crippen molar-refractivity contribution in [2.75, 3.05) is 7.11 Å². The Bertz CT molecular complexity index is 821. The summed E-state index contributed by atoms with van der Waals surface area (Å²) in [7, 11) is 1.32. The Balaban J connectivity index is 1.74. The summed E-state index contributed by atoms with van der Waals surface area (Å²) in [6, 6.07) is 6.92. The Kier molecular flexibility index (Phi) is 3.52. The zero-order valence-corrected chi connectivity index (χ0v) is 13.3. The Morgan fingerprint density at radius 3 is 2.79 bits per heavy atom. The number of rotatable bonds is 2. The molecule has 2 unspecified atom stereocenters. The molecule has 0 saturated carbocycles. The number of ether oxygens (including phenoxy) is 1. The van der Waals surface area contributed by atoms with Crippen molar-refractivity contribution in [3.8, 4) is 0 Å². The van der Waals surface area contributed by atoms with Crippen LogP contribution in [-0.2, 0) is 11.2 Å². The molecule has 122 valence electrons. The van der Waals surface area contributed by atoms with E-state index in [0.29, 0.717) is 11.1 Å². The van der Waals surface area contributed by atoms with Gasteiger partial charge >= 0.3 is 5.97 Å². The average Bonchev–Trinajstić information content (AvgIpc) is 2.95. The van der Waals surface area contributed by atoms with E-state index >= 15 is 0 Å². The average molecular weight is 323 g/mol. The second-order valence-corrected chi connectivity index (χ2v) is 6.13. The number of aromatic nitrogens is 2. The van der Waals surface area contributed by atoms with E-state index in [9.17, 15) is 9.59 Å². The van der Waals surface area contributed by atoms with E-state index in [1.54, 1.807) is 36.8 Å². The van der Waals surface area contributed by atoms with E-state index in [-0.39, 0.29) is 18.0 Å². The summed E-state index contributed by atoms with van der Waals surface area (Å²) in [6.45, 7) is 0. The van der Waals surface area contributed by atoms with Crippen molar-refractivity contribution < 1.29 is 14.3 Å². The van der Waals surface area contributed by atoms with Crippen LogP contribution < -0.4 is 0 Å². The lowest BCUT2D eigenvalue weighted by Gasteiger charge is -2.35. The summed E-state index contributed by atoms with van der Waals surface area (Å²) in [5.74, 6) is -0.620. The zero-order chi connectivity index (χ0) is 16.7. The molecule has 1 fully saturated rings. The molecule has 2 aliphatic rings. The molecule has 0 radical (unpaired) electrons. The van der Waals surface area contributed by atoms with Crippen LogP contribution >= 0.6 is 0 Å². The summed E-state index contributed by atoms with van der Waals surface area (Å²) in [5, 5.41) is 0. The van der Waals surface area contributed by atoms with Crippen LogP contribution in [0.25, 0.3) is 0 Å². The Hall–Kier alpha value is -2.76. The fraction of sp³-hybridized carbons (Fsp3) is 0.333. The molecule has 6 nitrogen and oxygen atoms in total. The van der Waals surface area contributed by atoms with E-state index in [1.165, 1.54) is 7.11 Å². The number of benzene rings is 1. The molecule has 1 amide bonds. The maximum atomic E-state index is 13.2. The molecule has 4 rings (SSSR count). The van der Waals surface area contributed by atoms with Gasteiger partial charge in [0, 0.05) is 24.2 Å². The van der Waals surface area contributed by atoms with Crippen molar-refractivity contribution in [2.45, 2.75) is 31.3 Å². The standard InChI is InChI=1S/C18H17N3O3/c1-24-18(23)13-5-3-2-4-12(13)17(22)21-11-6-7-16(21)14-9-19-10-20-15(14)8-11/h2-5,9-11,16H,6-8H2,1H3. The van der Waals surface area contributed by atoms with Crippen molar-refractivity contribution in [1.29, 1.82) is 0 Å². The van der Waals surface area contributed by atoms with Gasteiger partial charge in [0.1, 0.15) is 6.33 Å². The first-order valence-corrected chi connectivity index (χ1v) is 7.99. The minimum Gasteiger partial charge on any atom is -0.465 e. The number of nitrogens with zero attached hydrogens (tertiary/aromatic N) is 3. The van der Waals surface area contributed by atoms with Gasteiger partial charge < -0.3 is 9.64 Å². The van der Waals surface area contributed by atoms with Crippen LogP contribution in [-0.4, -0.2) is 39.9 Å². The smallest absolute Gasteiger partial charge is 0.338 e. The van der Waals surface area contributed by atoms with E-state index in [1.807, 2.05) is 4.90 Å². The SMILES string of the molecule is COC(=O)c1ccccc1C(=O)N1C2CCC1c1cncnc1C2. The normalized spacial score (nSPS) is 21.3. The molecule has 0 spiro atoms. The van der Waals surface area contributed by atoms with Crippen LogP contribution in [0.15, 0.2) is 36.8 Å². The van der Waals surface area contributed by atoms with Gasteiger partial charge in [-0.1, -0.05) is 12.1 Å². The highest BCUT2D eigenvalue weighted by atomic mass is 16.5. The number of fused-ring (bicyclic) bond motifs is 4. The molecule has 3 heterocycles. The van der Waals surface area contributed by atoms with Crippen molar-refractivity contribution in [3.63, 3.8) is 0 Å². The van der Waals surface area contributed by atoms with Crippen LogP contribution in [0.1, 0.15) is 50.9 Å². The van der Waals surface area contributed by atoms with Crippen molar-refractivity contribution in [1.82, 2.24) is 14.9 Å². The number of carbonyl (C=O) groups is 2. The molecule has 2 aromatic rings. The van der Waals surface area contributed by atoms with Gasteiger partial charge in [-0.25, -0.2) is 14.8 Å². The third-order valence-electron chi connectivity index (χ3n) is 4.91. The zero-order valence-electron chi connectivity index (χ0n) is 13.3. The fourth-order valence-electron chi connectivity index (χ4n) is 3.83. The second kappa shape index (κ2) is 5.70. The first kappa shape index (κ1) is 14.8. The second-order valence-electron chi connectivity index (χ2n) is 6.13. The van der Waals surface area contributed by atoms with E-state index in [4.69, 9.17) is 4.74 Å². The van der Waals surface area contributed by atoms with Gasteiger partial charge in [0.15, 0.2) is 0 Å². The maximum absolute atomic E-state index is 13.2. The molecule has 1 aromatic carbocycles.